The van der Waals surface area contributed by atoms with Crippen molar-refractivity contribution in [3.8, 4) is 5.75 Å². The van der Waals surface area contributed by atoms with Crippen LogP contribution >= 0.6 is 0 Å². The maximum absolute atomic E-state index is 15.0. The molecule has 3 aliphatic carbocycles. The lowest BCUT2D eigenvalue weighted by Crippen LogP contribution is -2.30. The first-order valence-corrected chi connectivity index (χ1v) is 17.8. The lowest BCUT2D eigenvalue weighted by atomic mass is 9.74. The molecule has 1 heterocycles. The van der Waals surface area contributed by atoms with Crippen LogP contribution in [0.5, 0.6) is 5.75 Å². The number of halogens is 1. The Kier molecular flexibility index (Phi) is 10.7. The fraction of sp³-hybridized carbons (Fsp3) is 0.463. The number of nitrogens with one attached hydrogen (secondary N) is 2. The lowest BCUT2D eigenvalue weighted by Gasteiger charge is -2.29. The van der Waals surface area contributed by atoms with E-state index in [0.717, 1.165) is 85.2 Å². The number of anilines is 1. The lowest BCUT2D eigenvalue weighted by molar-refractivity contribution is -0.128. The Labute approximate surface area is 289 Å². The smallest absolute Gasteiger partial charge is 0.168 e. The van der Waals surface area contributed by atoms with Gasteiger partial charge in [-0.15, -0.1) is 0 Å². The number of nitrogens with zero attached hydrogens (tertiary/aromatic N) is 1. The third-order valence-electron chi connectivity index (χ3n) is 11.0. The Morgan fingerprint density at radius 3 is 2.47 bits per heavy atom. The highest BCUT2D eigenvalue weighted by Gasteiger charge is 2.36. The van der Waals surface area contributed by atoms with Gasteiger partial charge in [-0.25, -0.2) is 4.39 Å². The molecule has 3 N–H and O–H groups in total. The summed E-state index contributed by atoms with van der Waals surface area (Å²) in [6.07, 6.45) is 15.7. The average molecular weight is 666 g/mol. The molecule has 0 radical (unpaired) electrons. The van der Waals surface area contributed by atoms with E-state index in [9.17, 15) is 14.7 Å². The molecule has 258 valence electrons. The summed E-state index contributed by atoms with van der Waals surface area (Å²) in [5.41, 5.74) is 6.94. The molecular weight excluding hydrogens is 617 g/mol. The Bertz CT molecular complexity index is 1750. The van der Waals surface area contributed by atoms with Gasteiger partial charge in [-0.1, -0.05) is 24.3 Å². The van der Waals surface area contributed by atoms with E-state index in [1.165, 1.54) is 7.11 Å². The van der Waals surface area contributed by atoms with Gasteiger partial charge in [0, 0.05) is 47.3 Å². The number of ether oxygens (including phenoxy) is 1. The van der Waals surface area contributed by atoms with Crippen LogP contribution in [0.3, 0.4) is 0 Å². The van der Waals surface area contributed by atoms with Gasteiger partial charge in [-0.3, -0.25) is 14.6 Å². The predicted molar refractivity (Wildman–Crippen MR) is 193 cm³/mol. The number of ketones is 2. The molecule has 7 nitrogen and oxygen atoms in total. The van der Waals surface area contributed by atoms with Gasteiger partial charge in [0.05, 0.1) is 24.6 Å². The molecule has 2 saturated carbocycles. The highest BCUT2D eigenvalue weighted by Crippen LogP contribution is 2.40. The second-order valence-electron chi connectivity index (χ2n) is 14.2. The first-order chi connectivity index (χ1) is 23.6. The van der Waals surface area contributed by atoms with Crippen LogP contribution < -0.4 is 10.1 Å². The molecule has 4 aliphatic rings. The first kappa shape index (κ1) is 34.7. The fourth-order valence-corrected chi connectivity index (χ4v) is 8.18. The molecule has 0 bridgehead atoms. The van der Waals surface area contributed by atoms with Crippen LogP contribution in [0.2, 0.25) is 0 Å². The largest absolute Gasteiger partial charge is 0.494 e. The van der Waals surface area contributed by atoms with E-state index in [2.05, 4.69) is 23.5 Å². The topological polar surface area (TPSA) is 112 Å². The van der Waals surface area contributed by atoms with Gasteiger partial charge < -0.3 is 20.6 Å². The van der Waals surface area contributed by atoms with E-state index < -0.39 is 0 Å². The number of fused-ring (bicyclic) bond motifs is 1. The van der Waals surface area contributed by atoms with E-state index in [1.54, 1.807) is 13.0 Å². The number of rotatable bonds is 10. The van der Waals surface area contributed by atoms with Crippen molar-refractivity contribution in [2.24, 2.45) is 28.7 Å². The molecule has 2 aromatic carbocycles. The van der Waals surface area contributed by atoms with Crippen LogP contribution in [-0.2, 0) is 4.79 Å². The van der Waals surface area contributed by atoms with Gasteiger partial charge in [0.15, 0.2) is 17.3 Å². The second kappa shape index (κ2) is 15.2. The minimum absolute atomic E-state index is 0.00949. The summed E-state index contributed by atoms with van der Waals surface area (Å²) in [5.74, 6) is 0.134. The molecule has 0 amide bonds. The summed E-state index contributed by atoms with van der Waals surface area (Å²) in [4.78, 5) is 31.2. The number of benzene rings is 2. The van der Waals surface area contributed by atoms with Crippen molar-refractivity contribution >= 4 is 34.3 Å². The fourth-order valence-electron chi connectivity index (χ4n) is 8.18. The van der Waals surface area contributed by atoms with Crippen molar-refractivity contribution in [2.75, 3.05) is 12.4 Å². The van der Waals surface area contributed by atoms with Crippen molar-refractivity contribution in [3.63, 3.8) is 0 Å². The van der Waals surface area contributed by atoms with Crippen LogP contribution in [0.4, 0.5) is 10.1 Å². The Morgan fingerprint density at radius 1 is 1.00 bits per heavy atom. The number of hydrogen-bond acceptors (Lipinski definition) is 7. The predicted octanol–water partition coefficient (Wildman–Crippen LogP) is 8.73. The van der Waals surface area contributed by atoms with E-state index in [-0.39, 0.29) is 53.5 Å². The average Bonchev–Trinajstić information content (AvgIpc) is 3.74. The highest BCUT2D eigenvalue weighted by molar-refractivity contribution is 6.13. The van der Waals surface area contributed by atoms with E-state index in [1.807, 2.05) is 37.4 Å². The molecule has 0 aromatic heterocycles. The summed E-state index contributed by atoms with van der Waals surface area (Å²) >= 11 is 0. The van der Waals surface area contributed by atoms with E-state index in [4.69, 9.17) is 15.1 Å². The summed E-state index contributed by atoms with van der Waals surface area (Å²) in [6.45, 7) is 3.71. The number of carbonyl (C=O) groups is 2. The van der Waals surface area contributed by atoms with Gasteiger partial charge in [0.1, 0.15) is 5.78 Å². The monoisotopic (exact) mass is 665 g/mol. The minimum Gasteiger partial charge on any atom is -0.494 e. The molecule has 1 aliphatic heterocycles. The van der Waals surface area contributed by atoms with Crippen molar-refractivity contribution in [1.82, 2.24) is 0 Å². The van der Waals surface area contributed by atoms with Crippen molar-refractivity contribution in [2.45, 2.75) is 90.6 Å². The quantitative estimate of drug-likeness (QED) is 0.134. The maximum atomic E-state index is 15.0. The van der Waals surface area contributed by atoms with Gasteiger partial charge in [-0.2, -0.15) is 0 Å². The molecule has 1 unspecified atom stereocenters. The molecule has 2 fully saturated rings. The number of methoxy groups -OCH3 is 1. The zero-order valence-electron chi connectivity index (χ0n) is 28.9. The Balaban J connectivity index is 1.09. The van der Waals surface area contributed by atoms with Crippen LogP contribution in [0, 0.1) is 48.7 Å². The second-order valence-corrected chi connectivity index (χ2v) is 14.2. The zero-order valence-corrected chi connectivity index (χ0v) is 28.9. The van der Waals surface area contributed by atoms with E-state index >= 15 is 4.39 Å². The summed E-state index contributed by atoms with van der Waals surface area (Å²) < 4.78 is 20.2. The zero-order chi connectivity index (χ0) is 34.7. The molecule has 0 spiro atoms. The number of aliphatic imine (C=N–C) groups is 1. The minimum atomic E-state index is -0.355. The highest BCUT2D eigenvalue weighted by atomic mass is 19.1. The van der Waals surface area contributed by atoms with Crippen LogP contribution in [0.1, 0.15) is 97.7 Å². The Hall–Kier alpha value is -4.17. The summed E-state index contributed by atoms with van der Waals surface area (Å²) in [5, 5.41) is 22.2. The van der Waals surface area contributed by atoms with Crippen LogP contribution in [0.25, 0.3) is 5.57 Å². The van der Waals surface area contributed by atoms with Gasteiger partial charge >= 0.3 is 0 Å². The SMILES string of the molecule is COc1ccc(C2=CN=C3/C(Nc4ccc(C(=O)CC(=N)C5CCC(C(=O)[C@H]6CC[C@H](O)C6)CC5)c(C)c4)=C/C/C=C\CCC23)c(C)c1F. The number of hydrogen-bond donors (Lipinski definition) is 3. The Morgan fingerprint density at radius 2 is 1.76 bits per heavy atom. The number of aliphatic hydroxyl groups is 1. The third kappa shape index (κ3) is 7.54. The molecule has 3 atom stereocenters. The standard InChI is InChI=1S/C41H48FN3O4/c1-24-20-29(15-17-31(24)37(47)22-35(43)26-10-12-27(13-11-26)41(48)28-14-16-30(46)21-28)45-36-9-7-5-4-6-8-33-34(23-44-40(33)36)32-18-19-38(49-3)39(42)25(32)2/h4-5,9,15,17-20,23,26-28,30,33,43,45-46H,6-8,10-14,16,21-22H2,1-3H3/b5-4-,36-9-,43-35?/t26?,27?,28-,30-,33?/m0/s1. The van der Waals surface area contributed by atoms with Crippen LogP contribution in [0.15, 0.2) is 65.4 Å². The maximum Gasteiger partial charge on any atom is 0.168 e. The number of allylic oxidation sites excluding steroid dienone is 5. The van der Waals surface area contributed by atoms with Crippen molar-refractivity contribution < 1.29 is 23.8 Å². The molecule has 2 aromatic rings. The van der Waals surface area contributed by atoms with Gasteiger partial charge in [0.2, 0.25) is 0 Å². The number of aliphatic hydroxyl groups excluding tert-OH is 1. The van der Waals surface area contributed by atoms with Crippen molar-refractivity contribution in [1.29, 1.82) is 5.41 Å². The molecule has 8 heteroatoms. The number of carbonyl (C=O) groups excluding carboxylic acids is 2. The number of Topliss-reactive ketones (excluding diaryl/α,β-unsaturated/α-hetero) is 2. The van der Waals surface area contributed by atoms with Gasteiger partial charge in [0.25, 0.3) is 0 Å². The first-order valence-electron chi connectivity index (χ1n) is 17.8. The molecule has 49 heavy (non-hydrogen) atoms. The molecule has 0 saturated heterocycles. The van der Waals surface area contributed by atoms with Crippen LogP contribution in [-0.4, -0.2) is 41.3 Å². The summed E-state index contributed by atoms with van der Waals surface area (Å²) in [6, 6.07) is 9.31. The van der Waals surface area contributed by atoms with E-state index in [0.29, 0.717) is 35.5 Å². The molecule has 6 rings (SSSR count). The third-order valence-corrected chi connectivity index (χ3v) is 11.0. The molecular formula is C41H48FN3O4. The number of aryl methyl sites for hydroxylation is 1. The summed E-state index contributed by atoms with van der Waals surface area (Å²) in [7, 11) is 1.47. The van der Waals surface area contributed by atoms with Gasteiger partial charge in [-0.05, 0) is 131 Å². The normalized spacial score (nSPS) is 27.0. The van der Waals surface area contributed by atoms with Crippen molar-refractivity contribution in [3.05, 3.63) is 88.5 Å².